The summed E-state index contributed by atoms with van der Waals surface area (Å²) in [6, 6.07) is 6.69. The number of aromatic nitrogens is 5. The molecule has 1 amide bonds. The van der Waals surface area contributed by atoms with Crippen molar-refractivity contribution in [3.8, 4) is 0 Å². The van der Waals surface area contributed by atoms with Gasteiger partial charge in [-0.1, -0.05) is 30.0 Å². The minimum atomic E-state index is -1.08. The Balaban J connectivity index is 1.63. The summed E-state index contributed by atoms with van der Waals surface area (Å²) in [6.45, 7) is 3.87. The molecule has 1 aromatic carbocycles. The fourth-order valence-electron chi connectivity index (χ4n) is 2.69. The molecule has 0 aliphatic heterocycles. The van der Waals surface area contributed by atoms with E-state index in [1.807, 2.05) is 38.1 Å². The van der Waals surface area contributed by atoms with E-state index >= 15 is 0 Å². The first-order valence-corrected chi connectivity index (χ1v) is 9.42. The van der Waals surface area contributed by atoms with E-state index < -0.39 is 12.0 Å². The number of carboxylic acid groups (broad SMARTS) is 1. The van der Waals surface area contributed by atoms with Gasteiger partial charge in [-0.15, -0.1) is 5.10 Å². The van der Waals surface area contributed by atoms with E-state index in [-0.39, 0.29) is 24.1 Å². The van der Waals surface area contributed by atoms with Crippen LogP contribution in [0.1, 0.15) is 25.5 Å². The maximum atomic E-state index is 12.2. The summed E-state index contributed by atoms with van der Waals surface area (Å²) in [5.41, 5.74) is 1.77. The number of nitrogens with zero attached hydrogens (tertiary/aromatic N) is 4. The molecule has 0 aliphatic carbocycles. The van der Waals surface area contributed by atoms with Crippen LogP contribution in [0, 0.1) is 0 Å². The van der Waals surface area contributed by atoms with E-state index in [4.69, 9.17) is 0 Å². The molecule has 9 nitrogen and oxygen atoms in total. The minimum Gasteiger partial charge on any atom is -0.480 e. The van der Waals surface area contributed by atoms with Gasteiger partial charge in [0.2, 0.25) is 11.1 Å². The van der Waals surface area contributed by atoms with Crippen LogP contribution in [0.2, 0.25) is 0 Å². The van der Waals surface area contributed by atoms with E-state index in [2.05, 4.69) is 25.8 Å². The predicted molar refractivity (Wildman–Crippen MR) is 100 cm³/mol. The predicted octanol–water partition coefficient (Wildman–Crippen LogP) is 1.64. The molecule has 3 rings (SSSR count). The summed E-state index contributed by atoms with van der Waals surface area (Å²) in [6.07, 6.45) is 1.97. The van der Waals surface area contributed by atoms with Gasteiger partial charge in [-0.2, -0.15) is 0 Å². The monoisotopic (exact) mass is 388 g/mol. The number of nitrogens with one attached hydrogen (secondary N) is 2. The largest absolute Gasteiger partial charge is 0.480 e. The summed E-state index contributed by atoms with van der Waals surface area (Å²) < 4.78 is 1.61. The van der Waals surface area contributed by atoms with Crippen LogP contribution < -0.4 is 5.32 Å². The Labute approximate surface area is 159 Å². The van der Waals surface area contributed by atoms with Crippen molar-refractivity contribution in [2.45, 2.75) is 37.5 Å². The SMILES string of the molecule is CC(C)n1nnnc1SCC(=O)N[C@@H](Cc1c[nH]c2ccccc12)C(=O)O. The molecule has 0 bridgehead atoms. The number of benzene rings is 1. The van der Waals surface area contributed by atoms with Crippen LogP contribution in [0.3, 0.4) is 0 Å². The van der Waals surface area contributed by atoms with E-state index in [1.54, 1.807) is 10.9 Å². The minimum absolute atomic E-state index is 0.0325. The highest BCUT2D eigenvalue weighted by molar-refractivity contribution is 7.99. The van der Waals surface area contributed by atoms with Gasteiger partial charge in [-0.3, -0.25) is 4.79 Å². The number of hydrogen-bond donors (Lipinski definition) is 3. The molecule has 2 aromatic heterocycles. The molecule has 0 fully saturated rings. The summed E-state index contributed by atoms with van der Waals surface area (Å²) in [5.74, 6) is -1.43. The Morgan fingerprint density at radius 2 is 2.11 bits per heavy atom. The first kappa shape index (κ1) is 18.9. The second kappa shape index (κ2) is 8.21. The van der Waals surface area contributed by atoms with Crippen LogP contribution in [-0.4, -0.2) is 54.0 Å². The van der Waals surface area contributed by atoms with Crippen molar-refractivity contribution in [1.82, 2.24) is 30.5 Å². The van der Waals surface area contributed by atoms with Crippen molar-refractivity contribution >= 4 is 34.5 Å². The number of hydrogen-bond acceptors (Lipinski definition) is 6. The summed E-state index contributed by atoms with van der Waals surface area (Å²) in [5, 5.41) is 24.9. The number of carbonyl (C=O) groups excluding carboxylic acids is 1. The number of aromatic amines is 1. The number of carbonyl (C=O) groups is 2. The molecule has 1 atom stereocenters. The number of H-pyrrole nitrogens is 1. The standard InChI is InChI=1S/C17H20N6O3S/c1-10(2)23-17(20-21-22-23)27-9-15(24)19-14(16(25)26)7-11-8-18-13-6-4-3-5-12(11)13/h3-6,8,10,14,18H,7,9H2,1-2H3,(H,19,24)(H,25,26)/t14-/m0/s1. The summed E-state index contributed by atoms with van der Waals surface area (Å²) in [7, 11) is 0. The molecule has 0 aliphatic rings. The number of carboxylic acids is 1. The second-order valence-corrected chi connectivity index (χ2v) is 7.25. The number of para-hydroxylation sites is 1. The van der Waals surface area contributed by atoms with Gasteiger partial charge in [0, 0.05) is 23.5 Å². The molecule has 0 unspecified atom stereocenters. The van der Waals surface area contributed by atoms with Gasteiger partial charge in [0.1, 0.15) is 6.04 Å². The van der Waals surface area contributed by atoms with Crippen LogP contribution in [0.5, 0.6) is 0 Å². The van der Waals surface area contributed by atoms with E-state index in [9.17, 15) is 14.7 Å². The lowest BCUT2D eigenvalue weighted by atomic mass is 10.1. The lowest BCUT2D eigenvalue weighted by Crippen LogP contribution is -2.43. The molecule has 2 heterocycles. The number of amides is 1. The molecule has 3 N–H and O–H groups in total. The molecule has 0 spiro atoms. The highest BCUT2D eigenvalue weighted by Crippen LogP contribution is 2.20. The summed E-state index contributed by atoms with van der Waals surface area (Å²) in [4.78, 5) is 27.0. The number of rotatable bonds is 8. The van der Waals surface area contributed by atoms with Gasteiger partial charge < -0.3 is 15.4 Å². The van der Waals surface area contributed by atoms with Crippen LogP contribution in [0.15, 0.2) is 35.6 Å². The lowest BCUT2D eigenvalue weighted by Gasteiger charge is -2.14. The first-order valence-electron chi connectivity index (χ1n) is 8.43. The molecule has 3 aromatic rings. The van der Waals surface area contributed by atoms with Crippen LogP contribution >= 0.6 is 11.8 Å². The molecule has 0 saturated carbocycles. The zero-order valence-corrected chi connectivity index (χ0v) is 15.7. The number of thioether (sulfide) groups is 1. The van der Waals surface area contributed by atoms with Gasteiger partial charge >= 0.3 is 5.97 Å². The third kappa shape index (κ3) is 4.45. The molecule has 0 radical (unpaired) electrons. The average molecular weight is 388 g/mol. The van der Waals surface area contributed by atoms with Gasteiger partial charge in [-0.25, -0.2) is 9.48 Å². The fraction of sp³-hybridized carbons (Fsp3) is 0.353. The normalized spacial score (nSPS) is 12.4. The van der Waals surface area contributed by atoms with Crippen molar-refractivity contribution in [2.24, 2.45) is 0 Å². The first-order chi connectivity index (χ1) is 13.0. The Morgan fingerprint density at radius 1 is 1.33 bits per heavy atom. The van der Waals surface area contributed by atoms with Crippen molar-refractivity contribution in [3.05, 3.63) is 36.0 Å². The van der Waals surface area contributed by atoms with Crippen LogP contribution in [-0.2, 0) is 16.0 Å². The number of aliphatic carboxylic acids is 1. The quantitative estimate of drug-likeness (QED) is 0.501. The smallest absolute Gasteiger partial charge is 0.326 e. The molecule has 0 saturated heterocycles. The molecular formula is C17H20N6O3S. The number of fused-ring (bicyclic) bond motifs is 1. The van der Waals surface area contributed by atoms with Gasteiger partial charge in [-0.05, 0) is 35.9 Å². The molecule has 27 heavy (non-hydrogen) atoms. The van der Waals surface area contributed by atoms with Crippen molar-refractivity contribution in [3.63, 3.8) is 0 Å². The third-order valence-electron chi connectivity index (χ3n) is 4.02. The van der Waals surface area contributed by atoms with E-state index in [0.717, 1.165) is 16.5 Å². The molecule has 142 valence electrons. The fourth-order valence-corrected chi connectivity index (χ4v) is 3.51. The van der Waals surface area contributed by atoms with Crippen molar-refractivity contribution < 1.29 is 14.7 Å². The molecule has 10 heteroatoms. The third-order valence-corrected chi connectivity index (χ3v) is 4.95. The second-order valence-electron chi connectivity index (χ2n) is 6.31. The average Bonchev–Trinajstić information content (AvgIpc) is 3.26. The Morgan fingerprint density at radius 3 is 2.85 bits per heavy atom. The maximum Gasteiger partial charge on any atom is 0.326 e. The van der Waals surface area contributed by atoms with Crippen LogP contribution in [0.4, 0.5) is 0 Å². The van der Waals surface area contributed by atoms with Gasteiger partial charge in [0.15, 0.2) is 0 Å². The zero-order valence-electron chi connectivity index (χ0n) is 14.9. The Hall–Kier alpha value is -2.88. The summed E-state index contributed by atoms with van der Waals surface area (Å²) >= 11 is 1.17. The van der Waals surface area contributed by atoms with Gasteiger partial charge in [0.05, 0.1) is 11.8 Å². The number of tetrazole rings is 1. The van der Waals surface area contributed by atoms with E-state index in [0.29, 0.717) is 5.16 Å². The van der Waals surface area contributed by atoms with Crippen molar-refractivity contribution in [2.75, 3.05) is 5.75 Å². The van der Waals surface area contributed by atoms with Crippen molar-refractivity contribution in [1.29, 1.82) is 0 Å². The van der Waals surface area contributed by atoms with E-state index in [1.165, 1.54) is 11.8 Å². The highest BCUT2D eigenvalue weighted by atomic mass is 32.2. The zero-order chi connectivity index (χ0) is 19.4. The van der Waals surface area contributed by atoms with Crippen LogP contribution in [0.25, 0.3) is 10.9 Å². The van der Waals surface area contributed by atoms with Gasteiger partial charge in [0.25, 0.3) is 0 Å². The Bertz CT molecular complexity index is 951. The topological polar surface area (TPSA) is 126 Å². The maximum absolute atomic E-state index is 12.2. The highest BCUT2D eigenvalue weighted by Gasteiger charge is 2.22. The Kier molecular flexibility index (Phi) is 5.75. The lowest BCUT2D eigenvalue weighted by molar-refractivity contribution is -0.141. The molecular weight excluding hydrogens is 368 g/mol.